The van der Waals surface area contributed by atoms with E-state index >= 15 is 0 Å². The number of likely N-dealkylation sites (N-methyl/N-ethyl adjacent to an activating group) is 1. The molecule has 24 heavy (non-hydrogen) atoms. The van der Waals surface area contributed by atoms with Gasteiger partial charge >= 0.3 is 10.4 Å². The summed E-state index contributed by atoms with van der Waals surface area (Å²) in [5, 5.41) is 1.18. The van der Waals surface area contributed by atoms with Crippen molar-refractivity contribution in [2.75, 3.05) is 20.1 Å². The lowest BCUT2D eigenvalue weighted by molar-refractivity contribution is 0.0719. The molecule has 2 aliphatic heterocycles. The van der Waals surface area contributed by atoms with Crippen molar-refractivity contribution in [3.63, 3.8) is 0 Å². The molecular formula is C15H19N3O5S. The van der Waals surface area contributed by atoms with Crippen LogP contribution in [0.2, 0.25) is 0 Å². The highest BCUT2D eigenvalue weighted by Gasteiger charge is 2.34. The van der Waals surface area contributed by atoms with Crippen LogP contribution >= 0.6 is 0 Å². The van der Waals surface area contributed by atoms with Gasteiger partial charge in [-0.15, -0.1) is 0 Å². The van der Waals surface area contributed by atoms with Gasteiger partial charge in [-0.3, -0.25) is 18.8 Å². The number of hydrogen-bond acceptors (Lipinski definition) is 4. The zero-order valence-corrected chi connectivity index (χ0v) is 14.0. The number of fused-ring (bicyclic) bond motifs is 5. The SMILES string of the molecule is CN1C(=O)c2[nH]c3ccccc3c2CN2CC[C@H]1C2.O=S(=O)(O)O. The quantitative estimate of drug-likeness (QED) is 0.613. The molecule has 2 bridgehead atoms. The minimum atomic E-state index is -4.67. The van der Waals surface area contributed by atoms with Crippen LogP contribution in [0.5, 0.6) is 0 Å². The Kier molecular flexibility index (Phi) is 4.35. The normalized spacial score (nSPS) is 23.3. The Labute approximate surface area is 139 Å². The standard InChI is InChI=1S/C15H17N3O.H2O4S/c1-17-10-6-7-18(8-10)9-12-11-4-2-3-5-13(11)16-14(12)15(17)19;1-5(2,3)4/h2-5,10,16H,6-9H2,1H3;(H2,1,2,3,4)/t10-;/m0./s1. The number of benzene rings is 1. The molecule has 2 atom stereocenters. The Bertz CT molecular complexity index is 868. The van der Waals surface area contributed by atoms with E-state index in [1.54, 1.807) is 0 Å². The number of nitrogens with one attached hydrogen (secondary N) is 1. The Morgan fingerprint density at radius 1 is 1.25 bits per heavy atom. The number of rotatable bonds is 0. The lowest BCUT2D eigenvalue weighted by atomic mass is 10.1. The maximum absolute atomic E-state index is 12.6. The molecule has 0 spiro atoms. The molecule has 1 amide bonds. The van der Waals surface area contributed by atoms with Gasteiger partial charge in [0, 0.05) is 49.2 Å². The first-order valence-electron chi connectivity index (χ1n) is 7.53. The van der Waals surface area contributed by atoms with Crippen LogP contribution < -0.4 is 0 Å². The Balaban J connectivity index is 0.000000300. The monoisotopic (exact) mass is 353 g/mol. The van der Waals surface area contributed by atoms with Crippen molar-refractivity contribution in [1.82, 2.24) is 14.8 Å². The second-order valence-electron chi connectivity index (χ2n) is 6.07. The molecule has 1 aromatic heterocycles. The minimum absolute atomic E-state index is 0.137. The lowest BCUT2D eigenvalue weighted by Gasteiger charge is -2.27. The van der Waals surface area contributed by atoms with Crippen molar-refractivity contribution in [2.45, 2.75) is 19.0 Å². The zero-order valence-electron chi connectivity index (χ0n) is 13.1. The second kappa shape index (κ2) is 6.17. The fourth-order valence-corrected chi connectivity index (χ4v) is 3.38. The number of carbonyl (C=O) groups excluding carboxylic acids is 1. The molecular weight excluding hydrogens is 334 g/mol. The first-order valence-corrected chi connectivity index (χ1v) is 8.92. The molecule has 0 radical (unpaired) electrons. The van der Waals surface area contributed by atoms with Crippen molar-refractivity contribution in [1.29, 1.82) is 0 Å². The average molecular weight is 353 g/mol. The van der Waals surface area contributed by atoms with Crippen LogP contribution in [0, 0.1) is 0 Å². The van der Waals surface area contributed by atoms with Crippen LogP contribution in [0.4, 0.5) is 0 Å². The molecule has 4 rings (SSSR count). The summed E-state index contributed by atoms with van der Waals surface area (Å²) in [6, 6.07) is 8.56. The third-order valence-electron chi connectivity index (χ3n) is 4.52. The van der Waals surface area contributed by atoms with Crippen molar-refractivity contribution in [3.8, 4) is 0 Å². The molecule has 0 aliphatic carbocycles. The van der Waals surface area contributed by atoms with E-state index < -0.39 is 10.4 Å². The summed E-state index contributed by atoms with van der Waals surface area (Å²) in [6.07, 6.45) is 1.09. The average Bonchev–Trinajstić information content (AvgIpc) is 3.09. The first kappa shape index (κ1) is 16.9. The summed E-state index contributed by atoms with van der Waals surface area (Å²) in [7, 11) is -2.74. The number of amides is 1. The zero-order chi connectivity index (χ0) is 17.5. The van der Waals surface area contributed by atoms with E-state index in [4.69, 9.17) is 17.5 Å². The molecule has 1 fully saturated rings. The molecule has 3 heterocycles. The third-order valence-corrected chi connectivity index (χ3v) is 4.52. The molecule has 130 valence electrons. The second-order valence-corrected chi connectivity index (χ2v) is 6.96. The maximum atomic E-state index is 12.6. The fraction of sp³-hybridized carbons (Fsp3) is 0.400. The van der Waals surface area contributed by atoms with Crippen molar-refractivity contribution < 1.29 is 22.3 Å². The Morgan fingerprint density at radius 3 is 2.62 bits per heavy atom. The number of aromatic nitrogens is 1. The van der Waals surface area contributed by atoms with Crippen molar-refractivity contribution in [3.05, 3.63) is 35.5 Å². The summed E-state index contributed by atoms with van der Waals surface area (Å²) in [5.74, 6) is 0.137. The van der Waals surface area contributed by atoms with Crippen LogP contribution in [-0.4, -0.2) is 64.4 Å². The van der Waals surface area contributed by atoms with E-state index in [1.165, 1.54) is 5.39 Å². The molecule has 0 saturated carbocycles. The fourth-order valence-electron chi connectivity index (χ4n) is 3.38. The molecule has 2 aliphatic rings. The van der Waals surface area contributed by atoms with Gasteiger partial charge in [0.05, 0.1) is 0 Å². The van der Waals surface area contributed by atoms with E-state index in [9.17, 15) is 4.79 Å². The van der Waals surface area contributed by atoms with E-state index in [2.05, 4.69) is 16.0 Å². The van der Waals surface area contributed by atoms with Gasteiger partial charge < -0.3 is 9.88 Å². The van der Waals surface area contributed by atoms with Crippen molar-refractivity contribution >= 4 is 27.2 Å². The summed E-state index contributed by atoms with van der Waals surface area (Å²) in [6.45, 7) is 2.97. The van der Waals surface area contributed by atoms with Gasteiger partial charge in [-0.1, -0.05) is 18.2 Å². The molecule has 2 aromatic rings. The van der Waals surface area contributed by atoms with Crippen LogP contribution in [0.1, 0.15) is 22.5 Å². The van der Waals surface area contributed by atoms with E-state index in [-0.39, 0.29) is 5.91 Å². The summed E-state index contributed by atoms with van der Waals surface area (Å²) >= 11 is 0. The summed E-state index contributed by atoms with van der Waals surface area (Å²) in [4.78, 5) is 20.3. The molecule has 9 heteroatoms. The summed E-state index contributed by atoms with van der Waals surface area (Å²) in [5.41, 5.74) is 3.00. The lowest BCUT2D eigenvalue weighted by Crippen LogP contribution is -2.41. The van der Waals surface area contributed by atoms with Gasteiger partial charge in [-0.2, -0.15) is 8.42 Å². The van der Waals surface area contributed by atoms with E-state index in [1.807, 2.05) is 30.1 Å². The third kappa shape index (κ3) is 3.44. The van der Waals surface area contributed by atoms with E-state index in [0.29, 0.717) is 6.04 Å². The highest BCUT2D eigenvalue weighted by molar-refractivity contribution is 7.79. The van der Waals surface area contributed by atoms with Crippen molar-refractivity contribution in [2.24, 2.45) is 0 Å². The van der Waals surface area contributed by atoms with Gasteiger partial charge in [0.25, 0.3) is 5.91 Å². The number of H-pyrrole nitrogens is 1. The molecule has 1 saturated heterocycles. The van der Waals surface area contributed by atoms with Crippen LogP contribution in [0.15, 0.2) is 24.3 Å². The smallest absolute Gasteiger partial charge is 0.350 e. The van der Waals surface area contributed by atoms with Gasteiger partial charge in [0.1, 0.15) is 5.69 Å². The molecule has 1 unspecified atom stereocenters. The van der Waals surface area contributed by atoms with E-state index in [0.717, 1.165) is 42.8 Å². The van der Waals surface area contributed by atoms with Crippen LogP contribution in [0.3, 0.4) is 0 Å². The highest BCUT2D eigenvalue weighted by atomic mass is 32.3. The molecule has 3 N–H and O–H groups in total. The first-order chi connectivity index (χ1) is 11.2. The van der Waals surface area contributed by atoms with Gasteiger partial charge in [-0.25, -0.2) is 0 Å². The van der Waals surface area contributed by atoms with Crippen LogP contribution in [-0.2, 0) is 16.9 Å². The number of para-hydroxylation sites is 1. The number of aromatic amines is 1. The number of nitrogens with zero attached hydrogens (tertiary/aromatic N) is 2. The number of carbonyl (C=O) groups is 1. The number of hydrogen-bond donors (Lipinski definition) is 3. The highest BCUT2D eigenvalue weighted by Crippen LogP contribution is 2.29. The van der Waals surface area contributed by atoms with Gasteiger partial charge in [-0.05, 0) is 12.5 Å². The Morgan fingerprint density at radius 2 is 1.92 bits per heavy atom. The van der Waals surface area contributed by atoms with Crippen LogP contribution in [0.25, 0.3) is 10.9 Å². The summed E-state index contributed by atoms with van der Waals surface area (Å²) < 4.78 is 31.6. The molecule has 8 nitrogen and oxygen atoms in total. The minimum Gasteiger partial charge on any atom is -0.350 e. The molecule has 1 aromatic carbocycles. The Hall–Kier alpha value is -1.94. The van der Waals surface area contributed by atoms with Gasteiger partial charge in [0.2, 0.25) is 0 Å². The predicted molar refractivity (Wildman–Crippen MR) is 88.3 cm³/mol. The largest absolute Gasteiger partial charge is 0.394 e. The predicted octanol–water partition coefficient (Wildman–Crippen LogP) is 1.18. The topological polar surface area (TPSA) is 114 Å². The maximum Gasteiger partial charge on any atom is 0.394 e. The van der Waals surface area contributed by atoms with Gasteiger partial charge in [0.15, 0.2) is 0 Å².